The molecule has 0 saturated heterocycles. The maximum Gasteiger partial charge on any atom is 0.255 e. The Kier molecular flexibility index (Phi) is 3.22. The molecule has 3 rings (SSSR count). The first kappa shape index (κ1) is 13.4. The van der Waals surface area contributed by atoms with Crippen LogP contribution in [0, 0.1) is 13.8 Å². The number of nitrogens with zero attached hydrogens (tertiary/aromatic N) is 2. The Hall–Kier alpha value is -2.62. The van der Waals surface area contributed by atoms with Crippen molar-refractivity contribution in [1.82, 2.24) is 9.55 Å². The summed E-state index contributed by atoms with van der Waals surface area (Å²) in [6, 6.07) is 11.5. The summed E-state index contributed by atoms with van der Waals surface area (Å²) in [5.74, 6) is -0.101. The third-order valence-corrected chi connectivity index (χ3v) is 3.71. The zero-order valence-corrected chi connectivity index (χ0v) is 12.3. The lowest BCUT2D eigenvalue weighted by Gasteiger charge is -2.11. The quantitative estimate of drug-likeness (QED) is 0.781. The highest BCUT2D eigenvalue weighted by molar-refractivity contribution is 6.06. The van der Waals surface area contributed by atoms with Gasteiger partial charge in [-0.15, -0.1) is 0 Å². The highest BCUT2D eigenvalue weighted by Crippen LogP contribution is 2.21. The number of aromatic nitrogens is 2. The SMILES string of the molecule is Cc1cccc(C)c1NC(=O)c1ccc2ncn(C)c2c1. The summed E-state index contributed by atoms with van der Waals surface area (Å²) in [5.41, 5.74) is 5.47. The number of benzene rings is 2. The van der Waals surface area contributed by atoms with E-state index in [2.05, 4.69) is 10.3 Å². The molecule has 2 aromatic carbocycles. The molecule has 0 radical (unpaired) electrons. The van der Waals surface area contributed by atoms with Crippen LogP contribution in [0.25, 0.3) is 11.0 Å². The van der Waals surface area contributed by atoms with E-state index in [1.807, 2.05) is 55.8 Å². The van der Waals surface area contributed by atoms with Crippen LogP contribution in [-0.2, 0) is 7.05 Å². The third kappa shape index (κ3) is 2.40. The van der Waals surface area contributed by atoms with Gasteiger partial charge in [-0.1, -0.05) is 18.2 Å². The lowest BCUT2D eigenvalue weighted by atomic mass is 10.1. The molecule has 0 aliphatic rings. The molecular weight excluding hydrogens is 262 g/mol. The maximum absolute atomic E-state index is 12.5. The minimum absolute atomic E-state index is 0.101. The average Bonchev–Trinajstić information content (AvgIpc) is 2.84. The van der Waals surface area contributed by atoms with Crippen molar-refractivity contribution in [3.63, 3.8) is 0 Å². The number of nitrogens with one attached hydrogen (secondary N) is 1. The van der Waals surface area contributed by atoms with Crippen LogP contribution in [0.15, 0.2) is 42.7 Å². The Labute approximate surface area is 123 Å². The molecule has 21 heavy (non-hydrogen) atoms. The van der Waals surface area contributed by atoms with Crippen LogP contribution in [0.1, 0.15) is 21.5 Å². The van der Waals surface area contributed by atoms with Crippen LogP contribution in [0.3, 0.4) is 0 Å². The molecule has 3 aromatic rings. The molecular formula is C17H17N3O. The summed E-state index contributed by atoms with van der Waals surface area (Å²) in [6.07, 6.45) is 1.75. The number of rotatable bonds is 2. The van der Waals surface area contributed by atoms with Crippen LogP contribution in [0.4, 0.5) is 5.69 Å². The van der Waals surface area contributed by atoms with E-state index in [1.165, 1.54) is 0 Å². The molecule has 1 N–H and O–H groups in total. The standard InChI is InChI=1S/C17H17N3O/c1-11-5-4-6-12(2)16(11)19-17(21)13-7-8-14-15(9-13)20(3)10-18-14/h4-10H,1-3H3,(H,19,21). The fourth-order valence-electron chi connectivity index (χ4n) is 2.46. The van der Waals surface area contributed by atoms with E-state index in [0.29, 0.717) is 5.56 Å². The molecule has 0 aliphatic carbocycles. The number of amides is 1. The van der Waals surface area contributed by atoms with E-state index in [1.54, 1.807) is 12.4 Å². The van der Waals surface area contributed by atoms with Crippen molar-refractivity contribution in [1.29, 1.82) is 0 Å². The molecule has 106 valence electrons. The van der Waals surface area contributed by atoms with Gasteiger partial charge in [-0.2, -0.15) is 0 Å². The van der Waals surface area contributed by atoms with Gasteiger partial charge in [-0.3, -0.25) is 4.79 Å². The molecule has 4 heteroatoms. The second-order valence-electron chi connectivity index (χ2n) is 5.28. The fourth-order valence-corrected chi connectivity index (χ4v) is 2.46. The van der Waals surface area contributed by atoms with Crippen molar-refractivity contribution in [2.24, 2.45) is 7.05 Å². The first-order chi connectivity index (χ1) is 10.1. The van der Waals surface area contributed by atoms with Crippen LogP contribution in [0.5, 0.6) is 0 Å². The number of aryl methyl sites for hydroxylation is 3. The number of fused-ring (bicyclic) bond motifs is 1. The zero-order chi connectivity index (χ0) is 15.0. The van der Waals surface area contributed by atoms with Crippen LogP contribution in [0.2, 0.25) is 0 Å². The van der Waals surface area contributed by atoms with Gasteiger partial charge in [0.15, 0.2) is 0 Å². The van der Waals surface area contributed by atoms with Gasteiger partial charge in [0.05, 0.1) is 17.4 Å². The smallest absolute Gasteiger partial charge is 0.255 e. The second kappa shape index (κ2) is 5.05. The topological polar surface area (TPSA) is 46.9 Å². The summed E-state index contributed by atoms with van der Waals surface area (Å²) in [4.78, 5) is 16.7. The molecule has 0 fully saturated rings. The van der Waals surface area contributed by atoms with Gasteiger partial charge in [0.2, 0.25) is 0 Å². The molecule has 1 amide bonds. The molecule has 0 saturated carbocycles. The highest BCUT2D eigenvalue weighted by Gasteiger charge is 2.11. The van der Waals surface area contributed by atoms with Gasteiger partial charge >= 0.3 is 0 Å². The summed E-state index contributed by atoms with van der Waals surface area (Å²) < 4.78 is 1.91. The van der Waals surface area contributed by atoms with Crippen LogP contribution < -0.4 is 5.32 Å². The van der Waals surface area contributed by atoms with Gasteiger partial charge in [-0.05, 0) is 43.2 Å². The third-order valence-electron chi connectivity index (χ3n) is 3.71. The van der Waals surface area contributed by atoms with E-state index in [4.69, 9.17) is 0 Å². The van der Waals surface area contributed by atoms with Crippen molar-refractivity contribution >= 4 is 22.6 Å². The van der Waals surface area contributed by atoms with E-state index < -0.39 is 0 Å². The molecule has 4 nitrogen and oxygen atoms in total. The summed E-state index contributed by atoms with van der Waals surface area (Å²) in [6.45, 7) is 3.99. The van der Waals surface area contributed by atoms with Gasteiger partial charge in [0.25, 0.3) is 5.91 Å². The van der Waals surface area contributed by atoms with Crippen molar-refractivity contribution in [3.8, 4) is 0 Å². The molecule has 0 unspecified atom stereocenters. The summed E-state index contributed by atoms with van der Waals surface area (Å²) in [5, 5.41) is 3.00. The Morgan fingerprint density at radius 1 is 1.14 bits per heavy atom. The minimum atomic E-state index is -0.101. The molecule has 1 heterocycles. The normalized spacial score (nSPS) is 10.8. The van der Waals surface area contributed by atoms with Crippen molar-refractivity contribution in [2.75, 3.05) is 5.32 Å². The number of imidazole rings is 1. The Balaban J connectivity index is 1.95. The number of carbonyl (C=O) groups is 1. The number of hydrogen-bond donors (Lipinski definition) is 1. The monoisotopic (exact) mass is 279 g/mol. The Morgan fingerprint density at radius 2 is 1.86 bits per heavy atom. The number of hydrogen-bond acceptors (Lipinski definition) is 2. The van der Waals surface area contributed by atoms with E-state index in [-0.39, 0.29) is 5.91 Å². The van der Waals surface area contributed by atoms with Crippen molar-refractivity contribution in [3.05, 3.63) is 59.4 Å². The van der Waals surface area contributed by atoms with Gasteiger partial charge in [0, 0.05) is 18.3 Å². The molecule has 0 spiro atoms. The molecule has 0 bridgehead atoms. The lowest BCUT2D eigenvalue weighted by Crippen LogP contribution is -2.13. The highest BCUT2D eigenvalue weighted by atomic mass is 16.1. The molecule has 0 atom stereocenters. The predicted octanol–water partition coefficient (Wildman–Crippen LogP) is 3.44. The number of carbonyl (C=O) groups excluding carboxylic acids is 1. The van der Waals surface area contributed by atoms with E-state index in [9.17, 15) is 4.79 Å². The molecule has 0 aliphatic heterocycles. The summed E-state index contributed by atoms with van der Waals surface area (Å²) in [7, 11) is 1.92. The summed E-state index contributed by atoms with van der Waals surface area (Å²) >= 11 is 0. The fraction of sp³-hybridized carbons (Fsp3) is 0.176. The van der Waals surface area contributed by atoms with E-state index >= 15 is 0 Å². The van der Waals surface area contributed by atoms with E-state index in [0.717, 1.165) is 27.8 Å². The van der Waals surface area contributed by atoms with Crippen molar-refractivity contribution in [2.45, 2.75) is 13.8 Å². The maximum atomic E-state index is 12.5. The second-order valence-corrected chi connectivity index (χ2v) is 5.28. The number of para-hydroxylation sites is 1. The number of anilines is 1. The van der Waals surface area contributed by atoms with Gasteiger partial charge < -0.3 is 9.88 Å². The first-order valence-electron chi connectivity index (χ1n) is 6.85. The van der Waals surface area contributed by atoms with Gasteiger partial charge in [-0.25, -0.2) is 4.98 Å². The Bertz CT molecular complexity index is 813. The van der Waals surface area contributed by atoms with Gasteiger partial charge in [0.1, 0.15) is 0 Å². The predicted molar refractivity (Wildman–Crippen MR) is 84.6 cm³/mol. The average molecular weight is 279 g/mol. The zero-order valence-electron chi connectivity index (χ0n) is 12.3. The lowest BCUT2D eigenvalue weighted by molar-refractivity contribution is 0.102. The van der Waals surface area contributed by atoms with Crippen LogP contribution in [-0.4, -0.2) is 15.5 Å². The minimum Gasteiger partial charge on any atom is -0.334 e. The van der Waals surface area contributed by atoms with Crippen molar-refractivity contribution < 1.29 is 4.79 Å². The Morgan fingerprint density at radius 3 is 2.57 bits per heavy atom. The largest absolute Gasteiger partial charge is 0.334 e. The first-order valence-corrected chi connectivity index (χ1v) is 6.85. The molecule has 1 aromatic heterocycles. The van der Waals surface area contributed by atoms with Crippen LogP contribution >= 0.6 is 0 Å².